The van der Waals surface area contributed by atoms with Crippen LogP contribution in [0.5, 0.6) is 0 Å². The van der Waals surface area contributed by atoms with E-state index in [1.54, 1.807) is 0 Å². The van der Waals surface area contributed by atoms with E-state index in [-0.39, 0.29) is 5.60 Å². The lowest BCUT2D eigenvalue weighted by Gasteiger charge is -2.45. The van der Waals surface area contributed by atoms with E-state index < -0.39 is 0 Å². The van der Waals surface area contributed by atoms with Crippen LogP contribution in [0.15, 0.2) is 0 Å². The van der Waals surface area contributed by atoms with Crippen LogP contribution in [-0.4, -0.2) is 49.8 Å². The molecule has 2 aliphatic heterocycles. The predicted octanol–water partition coefficient (Wildman–Crippen LogP) is 2.41. The molecule has 3 heteroatoms. The van der Waals surface area contributed by atoms with Crippen molar-refractivity contribution in [1.29, 1.82) is 0 Å². The van der Waals surface area contributed by atoms with E-state index in [1.165, 1.54) is 71.0 Å². The minimum Gasteiger partial charge on any atom is -0.375 e. The van der Waals surface area contributed by atoms with Crippen LogP contribution in [-0.2, 0) is 4.74 Å². The number of likely N-dealkylation sites (tertiary alicyclic amines) is 1. The molecule has 0 radical (unpaired) electrons. The first-order chi connectivity index (χ1) is 9.31. The Hall–Kier alpha value is -0.120. The first-order valence-corrected chi connectivity index (χ1v) is 8.34. The van der Waals surface area contributed by atoms with Gasteiger partial charge in [0, 0.05) is 19.2 Å². The van der Waals surface area contributed by atoms with Crippen LogP contribution in [0.4, 0.5) is 0 Å². The maximum atomic E-state index is 6.18. The lowest BCUT2D eigenvalue weighted by atomic mass is 9.86. The molecule has 3 rings (SSSR count). The molecule has 1 saturated carbocycles. The van der Waals surface area contributed by atoms with Crippen molar-refractivity contribution >= 4 is 0 Å². The zero-order chi connectivity index (χ0) is 13.1. The summed E-state index contributed by atoms with van der Waals surface area (Å²) in [5.41, 5.74) is 0.277. The summed E-state index contributed by atoms with van der Waals surface area (Å²) in [5, 5.41) is 3.36. The summed E-state index contributed by atoms with van der Waals surface area (Å²) in [4.78, 5) is 2.79. The molecule has 1 N–H and O–H groups in total. The normalized spacial score (nSPS) is 35.8. The summed E-state index contributed by atoms with van der Waals surface area (Å²) < 4.78 is 6.18. The second-order valence-electron chi connectivity index (χ2n) is 6.95. The molecule has 110 valence electrons. The molecule has 0 aromatic heterocycles. The van der Waals surface area contributed by atoms with Gasteiger partial charge in [0.25, 0.3) is 0 Å². The van der Waals surface area contributed by atoms with Crippen LogP contribution in [0.1, 0.15) is 51.4 Å². The third-order valence-corrected chi connectivity index (χ3v) is 5.54. The largest absolute Gasteiger partial charge is 0.375 e. The highest BCUT2D eigenvalue weighted by atomic mass is 16.5. The van der Waals surface area contributed by atoms with E-state index in [1.807, 2.05) is 0 Å². The van der Waals surface area contributed by atoms with Crippen LogP contribution >= 0.6 is 0 Å². The fourth-order valence-corrected chi connectivity index (χ4v) is 4.57. The molecule has 0 amide bonds. The highest BCUT2D eigenvalue weighted by Gasteiger charge is 2.41. The van der Waals surface area contributed by atoms with Crippen molar-refractivity contribution < 1.29 is 4.74 Å². The number of hydrogen-bond acceptors (Lipinski definition) is 3. The Balaban J connectivity index is 1.58. The molecule has 0 bridgehead atoms. The second kappa shape index (κ2) is 6.11. The van der Waals surface area contributed by atoms with Crippen LogP contribution < -0.4 is 5.32 Å². The molecule has 19 heavy (non-hydrogen) atoms. The summed E-state index contributed by atoms with van der Waals surface area (Å²) in [6.07, 6.45) is 10.8. The smallest absolute Gasteiger partial charge is 0.0697 e. The lowest BCUT2D eigenvalue weighted by molar-refractivity contribution is -0.105. The van der Waals surface area contributed by atoms with Gasteiger partial charge in [-0.15, -0.1) is 0 Å². The first-order valence-electron chi connectivity index (χ1n) is 8.34. The Morgan fingerprint density at radius 3 is 2.84 bits per heavy atom. The molecule has 2 heterocycles. The quantitative estimate of drug-likeness (QED) is 0.849. The van der Waals surface area contributed by atoms with Crippen molar-refractivity contribution in [1.82, 2.24) is 10.2 Å². The summed E-state index contributed by atoms with van der Waals surface area (Å²) in [5.74, 6) is 0.862. The van der Waals surface area contributed by atoms with Gasteiger partial charge in [0.15, 0.2) is 0 Å². The monoisotopic (exact) mass is 266 g/mol. The van der Waals surface area contributed by atoms with Crippen molar-refractivity contribution in [2.24, 2.45) is 5.92 Å². The molecule has 1 aliphatic carbocycles. The molecule has 3 aliphatic rings. The van der Waals surface area contributed by atoms with E-state index >= 15 is 0 Å². The third kappa shape index (κ3) is 3.14. The highest BCUT2D eigenvalue weighted by molar-refractivity contribution is 4.95. The number of nitrogens with zero attached hydrogens (tertiary/aromatic N) is 1. The van der Waals surface area contributed by atoms with Gasteiger partial charge in [-0.1, -0.05) is 12.8 Å². The maximum Gasteiger partial charge on any atom is 0.0697 e. The van der Waals surface area contributed by atoms with E-state index in [9.17, 15) is 0 Å². The van der Waals surface area contributed by atoms with E-state index in [0.29, 0.717) is 0 Å². The molecular weight excluding hydrogens is 236 g/mol. The summed E-state index contributed by atoms with van der Waals surface area (Å²) in [7, 11) is 2.08. The van der Waals surface area contributed by atoms with Gasteiger partial charge in [-0.2, -0.15) is 0 Å². The number of rotatable bonds is 3. The van der Waals surface area contributed by atoms with E-state index in [2.05, 4.69) is 17.3 Å². The van der Waals surface area contributed by atoms with Crippen LogP contribution in [0.3, 0.4) is 0 Å². The van der Waals surface area contributed by atoms with Crippen molar-refractivity contribution in [3.63, 3.8) is 0 Å². The van der Waals surface area contributed by atoms with Crippen LogP contribution in [0.25, 0.3) is 0 Å². The van der Waals surface area contributed by atoms with Crippen molar-refractivity contribution in [3.8, 4) is 0 Å². The van der Waals surface area contributed by atoms with Gasteiger partial charge in [-0.05, 0) is 64.6 Å². The minimum absolute atomic E-state index is 0.277. The Kier molecular flexibility index (Phi) is 4.45. The first kappa shape index (κ1) is 13.8. The Morgan fingerprint density at radius 2 is 2.05 bits per heavy atom. The summed E-state index contributed by atoms with van der Waals surface area (Å²) in [6, 6.07) is 0.798. The van der Waals surface area contributed by atoms with Crippen LogP contribution in [0.2, 0.25) is 0 Å². The van der Waals surface area contributed by atoms with Gasteiger partial charge in [0.1, 0.15) is 0 Å². The molecule has 3 nitrogen and oxygen atoms in total. The van der Waals surface area contributed by atoms with Gasteiger partial charge >= 0.3 is 0 Å². The molecule has 0 aromatic carbocycles. The fourth-order valence-electron chi connectivity index (χ4n) is 4.57. The minimum atomic E-state index is 0.277. The summed E-state index contributed by atoms with van der Waals surface area (Å²) >= 11 is 0. The molecule has 2 unspecified atom stereocenters. The van der Waals surface area contributed by atoms with Crippen molar-refractivity contribution in [2.45, 2.75) is 63.0 Å². The fraction of sp³-hybridized carbons (Fsp3) is 1.00. The average Bonchev–Trinajstić information content (AvgIpc) is 2.87. The highest BCUT2D eigenvalue weighted by Crippen LogP contribution is 2.41. The molecule has 1 spiro atoms. The topological polar surface area (TPSA) is 24.5 Å². The molecule has 2 saturated heterocycles. The number of piperidine rings is 1. The molecule has 0 aromatic rings. The predicted molar refractivity (Wildman–Crippen MR) is 78.4 cm³/mol. The van der Waals surface area contributed by atoms with Gasteiger partial charge in [0.2, 0.25) is 0 Å². The standard InChI is InChI=1S/C16H30N2O/c1-17-12-14-5-4-9-18(13-14)15-6-10-19-16(11-15)7-2-3-8-16/h14-15,17H,2-13H2,1H3. The lowest BCUT2D eigenvalue weighted by Crippen LogP contribution is -2.51. The second-order valence-corrected chi connectivity index (χ2v) is 6.95. The SMILES string of the molecule is CNCC1CCCN(C2CCOC3(CCCC3)C2)C1. The maximum absolute atomic E-state index is 6.18. The Bertz CT molecular complexity index is 286. The van der Waals surface area contributed by atoms with E-state index in [4.69, 9.17) is 4.74 Å². The molecule has 3 fully saturated rings. The molecule has 2 atom stereocenters. The zero-order valence-electron chi connectivity index (χ0n) is 12.5. The Labute approximate surface area is 118 Å². The van der Waals surface area contributed by atoms with Crippen molar-refractivity contribution in [3.05, 3.63) is 0 Å². The Morgan fingerprint density at radius 1 is 1.21 bits per heavy atom. The van der Waals surface area contributed by atoms with Gasteiger partial charge in [-0.3, -0.25) is 4.90 Å². The third-order valence-electron chi connectivity index (χ3n) is 5.54. The van der Waals surface area contributed by atoms with Gasteiger partial charge in [-0.25, -0.2) is 0 Å². The van der Waals surface area contributed by atoms with E-state index in [0.717, 1.165) is 18.6 Å². The number of nitrogens with one attached hydrogen (secondary N) is 1. The average molecular weight is 266 g/mol. The number of hydrogen-bond donors (Lipinski definition) is 1. The summed E-state index contributed by atoms with van der Waals surface area (Å²) in [6.45, 7) is 4.81. The number of ether oxygens (including phenoxy) is 1. The van der Waals surface area contributed by atoms with Gasteiger partial charge < -0.3 is 10.1 Å². The van der Waals surface area contributed by atoms with Crippen molar-refractivity contribution in [2.75, 3.05) is 33.3 Å². The van der Waals surface area contributed by atoms with Gasteiger partial charge in [0.05, 0.1) is 5.60 Å². The molecular formula is C16H30N2O. The zero-order valence-corrected chi connectivity index (χ0v) is 12.5. The van der Waals surface area contributed by atoms with Crippen LogP contribution in [0, 0.1) is 5.92 Å².